The summed E-state index contributed by atoms with van der Waals surface area (Å²) in [5.74, 6) is 2.61. The zero-order valence-corrected chi connectivity index (χ0v) is 17.7. The van der Waals surface area contributed by atoms with Crippen LogP contribution in [0.4, 0.5) is 5.69 Å². The van der Waals surface area contributed by atoms with Gasteiger partial charge in [0.05, 0.1) is 28.4 Å². The van der Waals surface area contributed by atoms with Gasteiger partial charge in [-0.2, -0.15) is 0 Å². The van der Waals surface area contributed by atoms with Crippen LogP contribution >= 0.6 is 0 Å². The number of hydrogen-bond donors (Lipinski definition) is 1. The molecule has 0 saturated heterocycles. The summed E-state index contributed by atoms with van der Waals surface area (Å²) in [7, 11) is 0. The first-order valence-corrected chi connectivity index (χ1v) is 10.1. The minimum Gasteiger partial charge on any atom is -0.508 e. The topological polar surface area (TPSA) is 55.0 Å². The Morgan fingerprint density at radius 3 is 2.30 bits per heavy atom. The molecular formula is C26H25NO3. The average molecular weight is 399 g/mol. The maximum Gasteiger partial charge on any atom is 0.131 e. The van der Waals surface area contributed by atoms with Crippen molar-refractivity contribution >= 4 is 16.5 Å². The number of benzene rings is 2. The Balaban J connectivity index is 2.13. The lowest BCUT2D eigenvalue weighted by Crippen LogP contribution is -2.00. The monoisotopic (exact) mass is 399 g/mol. The van der Waals surface area contributed by atoms with Gasteiger partial charge in [0, 0.05) is 0 Å². The summed E-state index contributed by atoms with van der Waals surface area (Å²) in [5, 5.41) is 12.4. The fourth-order valence-corrected chi connectivity index (χ4v) is 3.78. The summed E-state index contributed by atoms with van der Waals surface area (Å²) >= 11 is 0. The molecule has 0 aliphatic carbocycles. The molecule has 4 rings (SSSR count). The molecule has 4 heteroatoms. The summed E-state index contributed by atoms with van der Waals surface area (Å²) in [4.78, 5) is 4.98. The van der Waals surface area contributed by atoms with Gasteiger partial charge in [-0.05, 0) is 80.8 Å². The number of hydrogen-bond acceptors (Lipinski definition) is 4. The fourth-order valence-electron chi connectivity index (χ4n) is 3.78. The van der Waals surface area contributed by atoms with Gasteiger partial charge in [-0.25, -0.2) is 4.99 Å². The van der Waals surface area contributed by atoms with E-state index in [9.17, 15) is 5.11 Å². The summed E-state index contributed by atoms with van der Waals surface area (Å²) in [5.41, 5.74) is 3.97. The van der Waals surface area contributed by atoms with Gasteiger partial charge in [-0.3, -0.25) is 0 Å². The van der Waals surface area contributed by atoms with Crippen molar-refractivity contribution in [3.8, 4) is 22.6 Å². The van der Waals surface area contributed by atoms with Gasteiger partial charge >= 0.3 is 0 Å². The predicted octanol–water partition coefficient (Wildman–Crippen LogP) is 6.36. The summed E-state index contributed by atoms with van der Waals surface area (Å²) in [6.45, 7) is 8.48. The van der Waals surface area contributed by atoms with Crippen LogP contribution in [0.25, 0.3) is 21.9 Å². The molecule has 0 aliphatic heterocycles. The van der Waals surface area contributed by atoms with E-state index in [1.807, 2.05) is 51.1 Å². The average Bonchev–Trinajstić information content (AvgIpc) is 2.90. The number of rotatable bonds is 4. The molecule has 1 aromatic heterocycles. The number of furan rings is 1. The van der Waals surface area contributed by atoms with E-state index in [0.717, 1.165) is 55.8 Å². The second-order valence-electron chi connectivity index (χ2n) is 7.39. The highest BCUT2D eigenvalue weighted by Gasteiger charge is 2.15. The van der Waals surface area contributed by atoms with E-state index in [1.54, 1.807) is 12.1 Å². The number of aryl methyl sites for hydroxylation is 3. The number of nitrogens with zero attached hydrogens (tertiary/aromatic N) is 1. The molecule has 0 fully saturated rings. The molecule has 4 nitrogen and oxygen atoms in total. The molecule has 0 radical (unpaired) electrons. The molecule has 0 bridgehead atoms. The van der Waals surface area contributed by atoms with E-state index in [2.05, 4.69) is 25.1 Å². The maximum atomic E-state index is 9.71. The van der Waals surface area contributed by atoms with E-state index < -0.39 is 0 Å². The van der Waals surface area contributed by atoms with E-state index in [4.69, 9.17) is 14.1 Å². The molecule has 152 valence electrons. The molecule has 0 atom stereocenters. The quantitative estimate of drug-likeness (QED) is 0.434. The molecule has 0 saturated carbocycles. The number of aromatic hydroxyl groups is 1. The second kappa shape index (κ2) is 8.07. The van der Waals surface area contributed by atoms with Gasteiger partial charge in [0.25, 0.3) is 0 Å². The van der Waals surface area contributed by atoms with Crippen molar-refractivity contribution in [3.05, 3.63) is 83.1 Å². The van der Waals surface area contributed by atoms with Crippen LogP contribution in [-0.2, 0) is 0 Å². The van der Waals surface area contributed by atoms with Gasteiger partial charge in [0.2, 0.25) is 0 Å². The van der Waals surface area contributed by atoms with Crippen LogP contribution in [0.5, 0.6) is 11.5 Å². The number of phenols is 1. The lowest BCUT2D eigenvalue weighted by Gasteiger charge is -2.04. The van der Waals surface area contributed by atoms with Crippen LogP contribution in [0.3, 0.4) is 0 Å². The van der Waals surface area contributed by atoms with Gasteiger partial charge < -0.3 is 14.3 Å². The molecule has 0 unspecified atom stereocenters. The van der Waals surface area contributed by atoms with Crippen LogP contribution in [-0.4, -0.2) is 11.7 Å². The Labute approximate surface area is 176 Å². The highest BCUT2D eigenvalue weighted by Crippen LogP contribution is 2.34. The third-order valence-electron chi connectivity index (χ3n) is 5.09. The van der Waals surface area contributed by atoms with Gasteiger partial charge in [0.1, 0.15) is 23.0 Å². The van der Waals surface area contributed by atoms with Crippen LogP contribution in [0.1, 0.15) is 24.0 Å². The highest BCUT2D eigenvalue weighted by atomic mass is 16.5. The smallest absolute Gasteiger partial charge is 0.131 e. The molecule has 0 amide bonds. The van der Waals surface area contributed by atoms with Crippen molar-refractivity contribution in [2.75, 3.05) is 6.61 Å². The predicted molar refractivity (Wildman–Crippen MR) is 120 cm³/mol. The molecule has 1 heterocycles. The maximum absolute atomic E-state index is 9.71. The second-order valence-corrected chi connectivity index (χ2v) is 7.39. The third kappa shape index (κ3) is 3.81. The first kappa shape index (κ1) is 19.8. The van der Waals surface area contributed by atoms with Crippen LogP contribution < -0.4 is 10.1 Å². The summed E-state index contributed by atoms with van der Waals surface area (Å²) < 4.78 is 12.0. The Hall–Kier alpha value is -3.53. The number of fused-ring (bicyclic) bond motifs is 1. The van der Waals surface area contributed by atoms with Crippen molar-refractivity contribution in [2.24, 2.45) is 4.99 Å². The third-order valence-corrected chi connectivity index (χ3v) is 5.09. The van der Waals surface area contributed by atoms with Crippen molar-refractivity contribution in [1.82, 2.24) is 0 Å². The van der Waals surface area contributed by atoms with Crippen LogP contribution in [0.15, 0.2) is 70.1 Å². The van der Waals surface area contributed by atoms with Crippen LogP contribution in [0, 0.1) is 20.8 Å². The molecular weight excluding hydrogens is 374 g/mol. The van der Waals surface area contributed by atoms with Gasteiger partial charge in [-0.15, -0.1) is 0 Å². The highest BCUT2D eigenvalue weighted by molar-refractivity contribution is 5.93. The minimum atomic E-state index is 0.234. The van der Waals surface area contributed by atoms with Crippen molar-refractivity contribution in [3.63, 3.8) is 0 Å². The largest absolute Gasteiger partial charge is 0.508 e. The van der Waals surface area contributed by atoms with Gasteiger partial charge in [0.15, 0.2) is 0 Å². The standard InChI is InChI=1S/C26H25NO3/c1-5-29-24-15-20(19-9-11-22(28)12-10-19)14-23(25-17(3)30-18(4)26(24)25)27-21-8-6-7-16(2)13-21/h6-15,28H,5H2,1-4H3. The fraction of sp³-hybridized carbons (Fsp3) is 0.192. The lowest BCUT2D eigenvalue weighted by molar-refractivity contribution is 0.344. The van der Waals surface area contributed by atoms with E-state index in [-0.39, 0.29) is 5.75 Å². The Morgan fingerprint density at radius 1 is 0.867 bits per heavy atom. The zero-order valence-electron chi connectivity index (χ0n) is 17.7. The molecule has 4 aromatic rings. The van der Waals surface area contributed by atoms with Crippen molar-refractivity contribution < 1.29 is 14.3 Å². The van der Waals surface area contributed by atoms with E-state index >= 15 is 0 Å². The number of phenolic OH excluding ortho intramolecular Hbond substituents is 1. The Bertz CT molecular complexity index is 1280. The van der Waals surface area contributed by atoms with Crippen molar-refractivity contribution in [2.45, 2.75) is 27.7 Å². The van der Waals surface area contributed by atoms with E-state index in [1.165, 1.54) is 0 Å². The first-order chi connectivity index (χ1) is 14.5. The molecule has 0 aliphatic rings. The SMILES string of the molecule is CCOc1cc(-c2ccc(O)cc2)cc(=Nc2cccc(C)c2)c2c(C)oc(C)c12. The normalized spacial score (nSPS) is 11.8. The Morgan fingerprint density at radius 2 is 1.60 bits per heavy atom. The van der Waals surface area contributed by atoms with E-state index in [0.29, 0.717) is 6.61 Å². The summed E-state index contributed by atoms with van der Waals surface area (Å²) in [6, 6.07) is 19.4. The molecule has 30 heavy (non-hydrogen) atoms. The molecule has 1 N–H and O–H groups in total. The minimum absolute atomic E-state index is 0.234. The van der Waals surface area contributed by atoms with Gasteiger partial charge in [-0.1, -0.05) is 24.3 Å². The first-order valence-electron chi connectivity index (χ1n) is 10.1. The lowest BCUT2D eigenvalue weighted by atomic mass is 10.1. The van der Waals surface area contributed by atoms with Crippen LogP contribution in [0.2, 0.25) is 0 Å². The number of ether oxygens (including phenoxy) is 1. The zero-order chi connectivity index (χ0) is 21.3. The molecule has 3 aromatic carbocycles. The summed E-state index contributed by atoms with van der Waals surface area (Å²) in [6.07, 6.45) is 0. The van der Waals surface area contributed by atoms with Crippen molar-refractivity contribution in [1.29, 1.82) is 0 Å². The molecule has 0 spiro atoms. The Kier molecular flexibility index (Phi) is 5.32.